The van der Waals surface area contributed by atoms with Crippen molar-refractivity contribution in [3.63, 3.8) is 0 Å². The minimum Gasteiger partial charge on any atom is -0.390 e. The Bertz CT molecular complexity index is 159. The summed E-state index contributed by atoms with van der Waals surface area (Å²) in [5.41, 5.74) is 0. The molecule has 1 heterocycles. The molecule has 0 spiro atoms. The number of rotatable bonds is 7. The van der Waals surface area contributed by atoms with Crippen LogP contribution in [0.1, 0.15) is 20.3 Å². The van der Waals surface area contributed by atoms with Gasteiger partial charge in [-0.15, -0.1) is 0 Å². The van der Waals surface area contributed by atoms with Crippen molar-refractivity contribution >= 4 is 11.8 Å². The summed E-state index contributed by atoms with van der Waals surface area (Å²) in [5, 5.41) is 13.3. The predicted molar refractivity (Wildman–Crippen MR) is 67.5 cm³/mol. The van der Waals surface area contributed by atoms with Gasteiger partial charge in [-0.05, 0) is 25.3 Å². The Labute approximate surface area is 97.6 Å². The summed E-state index contributed by atoms with van der Waals surface area (Å²) in [4.78, 5) is 2.26. The minimum absolute atomic E-state index is 0.226. The first-order valence-corrected chi connectivity index (χ1v) is 7.13. The number of thioether (sulfide) groups is 1. The van der Waals surface area contributed by atoms with E-state index in [2.05, 4.69) is 24.1 Å². The Kier molecular flexibility index (Phi) is 6.64. The molecule has 0 bridgehead atoms. The van der Waals surface area contributed by atoms with Crippen molar-refractivity contribution in [2.24, 2.45) is 0 Å². The smallest absolute Gasteiger partial charge is 0.0791 e. The van der Waals surface area contributed by atoms with Crippen molar-refractivity contribution in [2.75, 3.05) is 37.7 Å². The zero-order valence-electron chi connectivity index (χ0n) is 9.91. The van der Waals surface area contributed by atoms with Gasteiger partial charge in [-0.1, -0.05) is 13.8 Å². The van der Waals surface area contributed by atoms with Crippen LogP contribution in [-0.4, -0.2) is 59.8 Å². The summed E-state index contributed by atoms with van der Waals surface area (Å²) in [6.45, 7) is 7.84. The number of likely N-dealkylation sites (N-methyl/N-ethyl adjacent to an activating group) is 1. The highest BCUT2D eigenvalue weighted by Gasteiger charge is 2.16. The average molecular weight is 232 g/mol. The minimum atomic E-state index is -0.226. The van der Waals surface area contributed by atoms with Gasteiger partial charge in [0.1, 0.15) is 0 Å². The van der Waals surface area contributed by atoms with Crippen molar-refractivity contribution in [1.29, 1.82) is 0 Å². The van der Waals surface area contributed by atoms with Gasteiger partial charge < -0.3 is 15.3 Å². The van der Waals surface area contributed by atoms with Crippen molar-refractivity contribution in [3.8, 4) is 0 Å². The van der Waals surface area contributed by atoms with E-state index in [9.17, 15) is 5.11 Å². The van der Waals surface area contributed by atoms with Gasteiger partial charge in [-0.25, -0.2) is 0 Å². The van der Waals surface area contributed by atoms with Gasteiger partial charge in [0.05, 0.1) is 6.10 Å². The lowest BCUT2D eigenvalue weighted by Gasteiger charge is -2.23. The summed E-state index contributed by atoms with van der Waals surface area (Å²) in [6, 6.07) is 0.626. The molecule has 0 amide bonds. The van der Waals surface area contributed by atoms with Gasteiger partial charge in [0, 0.05) is 24.9 Å². The first-order valence-electron chi connectivity index (χ1n) is 5.97. The molecule has 1 fully saturated rings. The van der Waals surface area contributed by atoms with E-state index in [1.54, 1.807) is 0 Å². The maximum absolute atomic E-state index is 9.83. The second-order valence-electron chi connectivity index (χ2n) is 4.11. The second-order valence-corrected chi connectivity index (χ2v) is 5.26. The highest BCUT2D eigenvalue weighted by Crippen LogP contribution is 2.16. The Morgan fingerprint density at radius 2 is 2.20 bits per heavy atom. The molecule has 0 saturated carbocycles. The van der Waals surface area contributed by atoms with Crippen LogP contribution in [0.15, 0.2) is 0 Å². The van der Waals surface area contributed by atoms with Crippen LogP contribution in [0.4, 0.5) is 0 Å². The number of aliphatic hydroxyl groups is 1. The van der Waals surface area contributed by atoms with Crippen molar-refractivity contribution in [3.05, 3.63) is 0 Å². The number of hydrogen-bond donors (Lipinski definition) is 2. The van der Waals surface area contributed by atoms with Crippen LogP contribution in [-0.2, 0) is 0 Å². The van der Waals surface area contributed by atoms with E-state index in [1.807, 2.05) is 11.8 Å². The molecule has 4 heteroatoms. The van der Waals surface area contributed by atoms with E-state index in [4.69, 9.17) is 0 Å². The molecule has 1 saturated heterocycles. The highest BCUT2D eigenvalue weighted by molar-refractivity contribution is 7.99. The van der Waals surface area contributed by atoms with Gasteiger partial charge in [0.25, 0.3) is 0 Å². The highest BCUT2D eigenvalue weighted by atomic mass is 32.2. The molecule has 1 aliphatic heterocycles. The van der Waals surface area contributed by atoms with Crippen molar-refractivity contribution in [1.82, 2.24) is 10.2 Å². The van der Waals surface area contributed by atoms with Crippen LogP contribution in [0.5, 0.6) is 0 Å². The predicted octanol–water partition coefficient (Wildman–Crippen LogP) is 0.784. The van der Waals surface area contributed by atoms with Crippen molar-refractivity contribution < 1.29 is 5.11 Å². The molecule has 0 aromatic rings. The van der Waals surface area contributed by atoms with Gasteiger partial charge in [-0.3, -0.25) is 0 Å². The molecule has 1 rings (SSSR count). The topological polar surface area (TPSA) is 35.5 Å². The summed E-state index contributed by atoms with van der Waals surface area (Å²) < 4.78 is 0. The van der Waals surface area contributed by atoms with Gasteiger partial charge in [-0.2, -0.15) is 11.8 Å². The zero-order valence-corrected chi connectivity index (χ0v) is 10.7. The average Bonchev–Trinajstić information content (AvgIpc) is 2.75. The number of nitrogens with zero attached hydrogens (tertiary/aromatic N) is 1. The molecule has 2 atom stereocenters. The Morgan fingerprint density at radius 3 is 2.73 bits per heavy atom. The second kappa shape index (κ2) is 7.49. The molecule has 2 unspecified atom stereocenters. The van der Waals surface area contributed by atoms with E-state index in [0.717, 1.165) is 26.2 Å². The quantitative estimate of drug-likeness (QED) is 0.680. The van der Waals surface area contributed by atoms with Gasteiger partial charge in [0.2, 0.25) is 0 Å². The Balaban J connectivity index is 2.08. The molecule has 0 radical (unpaired) electrons. The summed E-state index contributed by atoms with van der Waals surface area (Å²) in [5.74, 6) is 2.47. The fourth-order valence-electron chi connectivity index (χ4n) is 1.84. The Hall–Kier alpha value is 0.230. The van der Waals surface area contributed by atoms with Crippen LogP contribution < -0.4 is 5.32 Å². The molecule has 1 aliphatic rings. The molecule has 90 valence electrons. The summed E-state index contributed by atoms with van der Waals surface area (Å²) >= 11 is 2.00. The summed E-state index contributed by atoms with van der Waals surface area (Å²) in [6.07, 6.45) is 1.03. The molecule has 15 heavy (non-hydrogen) atoms. The molecular formula is C11H24N2OS. The monoisotopic (exact) mass is 232 g/mol. The van der Waals surface area contributed by atoms with Gasteiger partial charge >= 0.3 is 0 Å². The van der Waals surface area contributed by atoms with Crippen LogP contribution in [0.3, 0.4) is 0 Å². The maximum atomic E-state index is 9.83. The van der Waals surface area contributed by atoms with Crippen LogP contribution in [0, 0.1) is 0 Å². The van der Waals surface area contributed by atoms with E-state index in [0.29, 0.717) is 6.04 Å². The standard InChI is InChI=1S/C11H24N2OS/c1-3-13(4-2)8-11(14)7-12-10-5-6-15-9-10/h10-12,14H,3-9H2,1-2H3. The van der Waals surface area contributed by atoms with Crippen molar-refractivity contribution in [2.45, 2.75) is 32.4 Å². The SMILES string of the molecule is CCN(CC)CC(O)CNC1CCSC1. The Morgan fingerprint density at radius 1 is 1.47 bits per heavy atom. The van der Waals surface area contributed by atoms with E-state index < -0.39 is 0 Å². The number of aliphatic hydroxyl groups excluding tert-OH is 1. The zero-order chi connectivity index (χ0) is 11.1. The third kappa shape index (κ3) is 5.20. The molecule has 0 aliphatic carbocycles. The fraction of sp³-hybridized carbons (Fsp3) is 1.00. The molecular weight excluding hydrogens is 208 g/mol. The lowest BCUT2D eigenvalue weighted by molar-refractivity contribution is 0.114. The van der Waals surface area contributed by atoms with E-state index in [-0.39, 0.29) is 6.10 Å². The molecule has 0 aromatic carbocycles. The fourth-order valence-corrected chi connectivity index (χ4v) is 3.03. The lowest BCUT2D eigenvalue weighted by atomic mass is 10.2. The lowest BCUT2D eigenvalue weighted by Crippen LogP contribution is -2.41. The summed E-state index contributed by atoms with van der Waals surface area (Å²) in [7, 11) is 0. The third-order valence-electron chi connectivity index (χ3n) is 2.94. The third-order valence-corrected chi connectivity index (χ3v) is 4.10. The van der Waals surface area contributed by atoms with Gasteiger partial charge in [0.15, 0.2) is 0 Å². The van der Waals surface area contributed by atoms with Crippen LogP contribution in [0.2, 0.25) is 0 Å². The van der Waals surface area contributed by atoms with Crippen LogP contribution >= 0.6 is 11.8 Å². The molecule has 3 nitrogen and oxygen atoms in total. The number of nitrogens with one attached hydrogen (secondary N) is 1. The molecule has 2 N–H and O–H groups in total. The molecule has 0 aromatic heterocycles. The number of hydrogen-bond acceptors (Lipinski definition) is 4. The maximum Gasteiger partial charge on any atom is 0.0791 e. The van der Waals surface area contributed by atoms with Crippen LogP contribution in [0.25, 0.3) is 0 Å². The first-order chi connectivity index (χ1) is 7.26. The van der Waals surface area contributed by atoms with E-state index in [1.165, 1.54) is 17.9 Å². The normalized spacial score (nSPS) is 23.6. The largest absolute Gasteiger partial charge is 0.390 e. The van der Waals surface area contributed by atoms with E-state index >= 15 is 0 Å². The first kappa shape index (κ1) is 13.3.